The number of Topliss-reactive ketones (excluding diaryl/α,β-unsaturated/α-hetero) is 1. The van der Waals surface area contributed by atoms with E-state index in [4.69, 9.17) is 4.43 Å². The third-order valence-corrected chi connectivity index (χ3v) is 10.9. The molecule has 0 unspecified atom stereocenters. The van der Waals surface area contributed by atoms with E-state index in [-0.39, 0.29) is 5.04 Å². The first-order chi connectivity index (χ1) is 8.20. The summed E-state index contributed by atoms with van der Waals surface area (Å²) in [6.45, 7) is 12.4. The second-order valence-electron chi connectivity index (χ2n) is 8.19. The Bertz CT molecular complexity index is 396. The summed E-state index contributed by atoms with van der Waals surface area (Å²) in [5, 5.41) is 0.273. The van der Waals surface area contributed by atoms with E-state index < -0.39 is 8.32 Å². The van der Waals surface area contributed by atoms with Gasteiger partial charge in [0.25, 0.3) is 0 Å². The second kappa shape index (κ2) is 3.48. The van der Waals surface area contributed by atoms with Crippen LogP contribution in [0, 0.1) is 23.2 Å². The van der Waals surface area contributed by atoms with Gasteiger partial charge in [0, 0.05) is 24.4 Å². The Kier molecular flexibility index (Phi) is 2.49. The molecule has 102 valence electrons. The van der Waals surface area contributed by atoms with Crippen LogP contribution in [0.2, 0.25) is 18.1 Å². The van der Waals surface area contributed by atoms with Crippen LogP contribution >= 0.6 is 0 Å². The predicted octanol–water partition coefficient (Wildman–Crippen LogP) is 3.62. The first-order valence-electron chi connectivity index (χ1n) is 7.37. The van der Waals surface area contributed by atoms with Gasteiger partial charge in [-0.15, -0.1) is 0 Å². The number of carbonyl (C=O) groups excluding carboxylic acids is 1. The lowest BCUT2D eigenvalue weighted by Gasteiger charge is -2.37. The van der Waals surface area contributed by atoms with Crippen molar-refractivity contribution in [1.82, 2.24) is 0 Å². The Balaban J connectivity index is 1.71. The van der Waals surface area contributed by atoms with Crippen LogP contribution in [-0.4, -0.2) is 20.7 Å². The number of fused-ring (bicyclic) bond motifs is 1. The van der Waals surface area contributed by atoms with Gasteiger partial charge in [-0.3, -0.25) is 4.79 Å². The van der Waals surface area contributed by atoms with Crippen LogP contribution in [0.3, 0.4) is 0 Å². The molecule has 0 spiro atoms. The molecule has 3 fully saturated rings. The van der Waals surface area contributed by atoms with Crippen LogP contribution < -0.4 is 0 Å². The molecule has 3 rings (SSSR count). The number of ketones is 1. The SMILES string of the molecule is CC(C)(C)[Si](C)(C)OC[C@]12[C@@H]3CC[C@H]1[C@H]2C(=O)C3. The summed E-state index contributed by atoms with van der Waals surface area (Å²) in [7, 11) is -1.66. The first-order valence-corrected chi connectivity index (χ1v) is 10.3. The topological polar surface area (TPSA) is 26.3 Å². The molecule has 0 radical (unpaired) electrons. The lowest BCUT2D eigenvalue weighted by Crippen LogP contribution is -2.42. The average Bonchev–Trinajstić information content (AvgIpc) is 2.71. The highest BCUT2D eigenvalue weighted by Gasteiger charge is 2.77. The van der Waals surface area contributed by atoms with Gasteiger partial charge in [0.15, 0.2) is 8.32 Å². The van der Waals surface area contributed by atoms with Gasteiger partial charge in [0.1, 0.15) is 5.78 Å². The molecule has 2 nitrogen and oxygen atoms in total. The standard InChI is InChI=1S/C15H26O2Si/c1-14(2,3)18(4,5)17-9-15-10-6-7-11(15)13(15)12(16)8-10/h10-11,13H,6-9H2,1-5H3/t10-,11+,13+,15+/m1/s1. The number of rotatable bonds is 3. The van der Waals surface area contributed by atoms with Gasteiger partial charge in [0.2, 0.25) is 0 Å². The summed E-state index contributed by atoms with van der Waals surface area (Å²) in [6, 6.07) is 0. The Morgan fingerprint density at radius 1 is 1.33 bits per heavy atom. The largest absolute Gasteiger partial charge is 0.416 e. The third-order valence-electron chi connectivity index (χ3n) is 6.43. The van der Waals surface area contributed by atoms with Gasteiger partial charge in [-0.25, -0.2) is 0 Å². The minimum atomic E-state index is -1.66. The minimum Gasteiger partial charge on any atom is -0.416 e. The first kappa shape index (κ1) is 12.9. The maximum Gasteiger partial charge on any atom is 0.192 e. The van der Waals surface area contributed by atoms with Crippen LogP contribution in [0.15, 0.2) is 0 Å². The molecule has 4 atom stereocenters. The Hall–Kier alpha value is -0.153. The Morgan fingerprint density at radius 3 is 2.50 bits per heavy atom. The van der Waals surface area contributed by atoms with E-state index in [0.717, 1.165) is 13.0 Å². The van der Waals surface area contributed by atoms with E-state index in [1.165, 1.54) is 12.8 Å². The monoisotopic (exact) mass is 266 g/mol. The van der Waals surface area contributed by atoms with Crippen molar-refractivity contribution in [2.45, 2.75) is 58.2 Å². The van der Waals surface area contributed by atoms with Crippen molar-refractivity contribution in [3.8, 4) is 0 Å². The number of hydrogen-bond donors (Lipinski definition) is 0. The minimum absolute atomic E-state index is 0.273. The smallest absolute Gasteiger partial charge is 0.192 e. The molecule has 0 aromatic rings. The lowest BCUT2D eigenvalue weighted by atomic mass is 9.93. The van der Waals surface area contributed by atoms with Crippen molar-refractivity contribution in [3.05, 3.63) is 0 Å². The second-order valence-corrected chi connectivity index (χ2v) is 13.0. The highest BCUT2D eigenvalue weighted by molar-refractivity contribution is 6.74. The van der Waals surface area contributed by atoms with E-state index in [9.17, 15) is 4.79 Å². The summed E-state index contributed by atoms with van der Waals surface area (Å²) in [5.41, 5.74) is 0.298. The van der Waals surface area contributed by atoms with Crippen molar-refractivity contribution in [1.29, 1.82) is 0 Å². The van der Waals surface area contributed by atoms with Gasteiger partial charge >= 0.3 is 0 Å². The molecular weight excluding hydrogens is 240 g/mol. The normalized spacial score (nSPS) is 42.3. The summed E-state index contributed by atoms with van der Waals surface area (Å²) in [4.78, 5) is 12.0. The maximum absolute atomic E-state index is 12.0. The molecular formula is C15H26O2Si. The highest BCUT2D eigenvalue weighted by atomic mass is 28.4. The van der Waals surface area contributed by atoms with Gasteiger partial charge in [-0.2, -0.15) is 0 Å². The van der Waals surface area contributed by atoms with Crippen LogP contribution in [0.25, 0.3) is 0 Å². The van der Waals surface area contributed by atoms with Gasteiger partial charge in [-0.1, -0.05) is 20.8 Å². The van der Waals surface area contributed by atoms with E-state index in [1.807, 2.05) is 0 Å². The zero-order valence-electron chi connectivity index (χ0n) is 12.4. The molecule has 18 heavy (non-hydrogen) atoms. The van der Waals surface area contributed by atoms with Crippen LogP contribution in [-0.2, 0) is 9.22 Å². The van der Waals surface area contributed by atoms with Crippen molar-refractivity contribution >= 4 is 14.1 Å². The van der Waals surface area contributed by atoms with Gasteiger partial charge in [0.05, 0.1) is 0 Å². The van der Waals surface area contributed by atoms with Crippen molar-refractivity contribution in [3.63, 3.8) is 0 Å². The molecule has 3 saturated carbocycles. The lowest BCUT2D eigenvalue weighted by molar-refractivity contribution is -0.119. The van der Waals surface area contributed by atoms with Gasteiger partial charge in [-0.05, 0) is 42.8 Å². The molecule has 0 amide bonds. The molecule has 3 heteroatoms. The maximum atomic E-state index is 12.0. The van der Waals surface area contributed by atoms with E-state index >= 15 is 0 Å². The molecule has 0 bridgehead atoms. The molecule has 0 aromatic heterocycles. The molecule has 0 aromatic carbocycles. The van der Waals surface area contributed by atoms with E-state index in [2.05, 4.69) is 33.9 Å². The third kappa shape index (κ3) is 1.46. The molecule has 0 saturated heterocycles. The van der Waals surface area contributed by atoms with Crippen molar-refractivity contribution in [2.24, 2.45) is 23.2 Å². The summed E-state index contributed by atoms with van der Waals surface area (Å²) < 4.78 is 6.44. The Morgan fingerprint density at radius 2 is 2.00 bits per heavy atom. The molecule has 0 aliphatic heterocycles. The molecule has 0 heterocycles. The number of hydrogen-bond acceptors (Lipinski definition) is 2. The zero-order valence-corrected chi connectivity index (χ0v) is 13.4. The highest BCUT2D eigenvalue weighted by Crippen LogP contribution is 2.76. The molecule has 3 aliphatic carbocycles. The fourth-order valence-corrected chi connectivity index (χ4v) is 5.25. The van der Waals surface area contributed by atoms with Gasteiger partial charge < -0.3 is 4.43 Å². The Labute approximate surface area is 112 Å². The van der Waals surface area contributed by atoms with E-state index in [0.29, 0.717) is 29.0 Å². The molecule has 0 N–H and O–H groups in total. The predicted molar refractivity (Wildman–Crippen MR) is 74.9 cm³/mol. The fourth-order valence-electron chi connectivity index (χ4n) is 4.20. The summed E-state index contributed by atoms with van der Waals surface area (Å²) in [6.07, 6.45) is 3.40. The van der Waals surface area contributed by atoms with Crippen LogP contribution in [0.5, 0.6) is 0 Å². The van der Waals surface area contributed by atoms with E-state index in [1.54, 1.807) is 0 Å². The van der Waals surface area contributed by atoms with Crippen molar-refractivity contribution in [2.75, 3.05) is 6.61 Å². The fraction of sp³-hybridized carbons (Fsp3) is 0.933. The number of carbonyl (C=O) groups is 1. The van der Waals surface area contributed by atoms with Crippen molar-refractivity contribution < 1.29 is 9.22 Å². The van der Waals surface area contributed by atoms with Crippen LogP contribution in [0.1, 0.15) is 40.0 Å². The summed E-state index contributed by atoms with van der Waals surface area (Å²) in [5.74, 6) is 2.28. The quantitative estimate of drug-likeness (QED) is 0.729. The summed E-state index contributed by atoms with van der Waals surface area (Å²) >= 11 is 0. The van der Waals surface area contributed by atoms with Crippen LogP contribution in [0.4, 0.5) is 0 Å². The zero-order chi connectivity index (χ0) is 13.3. The molecule has 3 aliphatic rings. The average molecular weight is 266 g/mol.